The highest BCUT2D eigenvalue weighted by Crippen LogP contribution is 2.14. The van der Waals surface area contributed by atoms with Crippen molar-refractivity contribution in [2.24, 2.45) is 0 Å². The van der Waals surface area contributed by atoms with E-state index < -0.39 is 0 Å². The molecule has 0 fully saturated rings. The van der Waals surface area contributed by atoms with Gasteiger partial charge in [0.25, 0.3) is 5.91 Å². The van der Waals surface area contributed by atoms with Gasteiger partial charge in [-0.2, -0.15) is 0 Å². The highest BCUT2D eigenvalue weighted by molar-refractivity contribution is 7.12. The molecule has 0 aliphatic heterocycles. The first-order valence-electron chi connectivity index (χ1n) is 5.65. The molecule has 0 saturated heterocycles. The first kappa shape index (κ1) is 13.9. The quantitative estimate of drug-likeness (QED) is 0.759. The molecule has 5 heteroatoms. The third-order valence-corrected chi connectivity index (χ3v) is 3.28. The highest BCUT2D eigenvalue weighted by atomic mass is 32.1. The minimum Gasteiger partial charge on any atom is -0.350 e. The Bertz CT molecular complexity index is 401. The molecule has 1 amide bonds. The van der Waals surface area contributed by atoms with E-state index in [-0.39, 0.29) is 17.7 Å². The predicted octanol–water partition coefficient (Wildman–Crippen LogP) is 1.68. The lowest BCUT2D eigenvalue weighted by molar-refractivity contribution is 0.0954. The molecule has 94 valence electrons. The number of nitrogens with one attached hydrogen (secondary N) is 2. The molecular weight excluding hydrogens is 236 g/mol. The van der Waals surface area contributed by atoms with Crippen LogP contribution in [0.3, 0.4) is 0 Å². The molecule has 0 aromatic carbocycles. The van der Waals surface area contributed by atoms with Crippen LogP contribution in [0.1, 0.15) is 40.8 Å². The molecule has 0 unspecified atom stereocenters. The number of ketones is 1. The molecule has 1 atom stereocenters. The van der Waals surface area contributed by atoms with Crippen molar-refractivity contribution in [1.29, 1.82) is 0 Å². The Balaban J connectivity index is 2.49. The van der Waals surface area contributed by atoms with Gasteiger partial charge in [0, 0.05) is 23.5 Å². The van der Waals surface area contributed by atoms with Crippen LogP contribution in [-0.4, -0.2) is 30.8 Å². The lowest BCUT2D eigenvalue weighted by atomic mass is 10.2. The second-order valence-corrected chi connectivity index (χ2v) is 4.84. The number of rotatable bonds is 6. The minimum absolute atomic E-state index is 0.0127. The molecule has 0 saturated carbocycles. The van der Waals surface area contributed by atoms with Gasteiger partial charge >= 0.3 is 0 Å². The molecule has 0 bridgehead atoms. The largest absolute Gasteiger partial charge is 0.350 e. The lowest BCUT2D eigenvalue weighted by Gasteiger charge is -2.12. The summed E-state index contributed by atoms with van der Waals surface area (Å²) in [5, 5.41) is 7.76. The number of hydrogen-bond acceptors (Lipinski definition) is 4. The van der Waals surface area contributed by atoms with Crippen LogP contribution in [0.15, 0.2) is 11.4 Å². The number of hydrogen-bond donors (Lipinski definition) is 2. The smallest absolute Gasteiger partial charge is 0.261 e. The van der Waals surface area contributed by atoms with Crippen LogP contribution in [0.25, 0.3) is 0 Å². The molecule has 0 aliphatic carbocycles. The van der Waals surface area contributed by atoms with Gasteiger partial charge in [0.15, 0.2) is 5.78 Å². The van der Waals surface area contributed by atoms with Crippen LogP contribution in [-0.2, 0) is 0 Å². The fraction of sp³-hybridized carbons (Fsp3) is 0.500. The molecule has 2 N–H and O–H groups in total. The van der Waals surface area contributed by atoms with Crippen molar-refractivity contribution in [3.05, 3.63) is 21.9 Å². The standard InChI is InChI=1S/C12H18N2O2S/c1-4-13-8(2)6-14-12(16)11-5-10(7-17-11)9(3)15/h5,7-8,13H,4,6H2,1-3H3,(H,14,16)/t8-/m1/s1. The first-order valence-corrected chi connectivity index (χ1v) is 6.53. The van der Waals surface area contributed by atoms with Crippen molar-refractivity contribution in [2.45, 2.75) is 26.8 Å². The van der Waals surface area contributed by atoms with E-state index in [2.05, 4.69) is 10.6 Å². The Hall–Kier alpha value is -1.20. The summed E-state index contributed by atoms with van der Waals surface area (Å²) >= 11 is 1.30. The second-order valence-electron chi connectivity index (χ2n) is 3.92. The van der Waals surface area contributed by atoms with E-state index in [1.165, 1.54) is 18.3 Å². The zero-order chi connectivity index (χ0) is 12.8. The molecule has 0 spiro atoms. The van der Waals surface area contributed by atoms with Crippen LogP contribution < -0.4 is 10.6 Å². The van der Waals surface area contributed by atoms with E-state index in [0.717, 1.165) is 6.54 Å². The van der Waals surface area contributed by atoms with Gasteiger partial charge in [-0.05, 0) is 26.5 Å². The van der Waals surface area contributed by atoms with Crippen molar-refractivity contribution in [1.82, 2.24) is 10.6 Å². The first-order chi connectivity index (χ1) is 8.04. The normalized spacial score (nSPS) is 12.2. The zero-order valence-corrected chi connectivity index (χ0v) is 11.2. The lowest BCUT2D eigenvalue weighted by Crippen LogP contribution is -2.38. The number of carbonyl (C=O) groups is 2. The van der Waals surface area contributed by atoms with Crippen LogP contribution in [0.2, 0.25) is 0 Å². The van der Waals surface area contributed by atoms with Crippen LogP contribution >= 0.6 is 11.3 Å². The van der Waals surface area contributed by atoms with Crippen molar-refractivity contribution in [3.8, 4) is 0 Å². The topological polar surface area (TPSA) is 58.2 Å². The molecule has 0 aliphatic rings. The van der Waals surface area contributed by atoms with E-state index in [1.807, 2.05) is 13.8 Å². The van der Waals surface area contributed by atoms with Crippen molar-refractivity contribution < 1.29 is 9.59 Å². The van der Waals surface area contributed by atoms with Gasteiger partial charge < -0.3 is 10.6 Å². The molecular formula is C12H18N2O2S. The van der Waals surface area contributed by atoms with Crippen molar-refractivity contribution in [2.75, 3.05) is 13.1 Å². The second kappa shape index (κ2) is 6.51. The maximum absolute atomic E-state index is 11.7. The SMILES string of the molecule is CCN[C@H](C)CNC(=O)c1cc(C(C)=O)cs1. The van der Waals surface area contributed by atoms with E-state index in [0.29, 0.717) is 17.0 Å². The fourth-order valence-electron chi connectivity index (χ4n) is 1.39. The average Bonchev–Trinajstić information content (AvgIpc) is 2.75. The minimum atomic E-state index is -0.118. The predicted molar refractivity (Wildman–Crippen MR) is 69.8 cm³/mol. The number of thiophene rings is 1. The third-order valence-electron chi connectivity index (χ3n) is 2.35. The number of Topliss-reactive ketones (excluding diaryl/α,β-unsaturated/α-hetero) is 1. The van der Waals surface area contributed by atoms with Crippen LogP contribution in [0.5, 0.6) is 0 Å². The number of amides is 1. The Morgan fingerprint density at radius 3 is 2.71 bits per heavy atom. The van der Waals surface area contributed by atoms with Gasteiger partial charge in [0.1, 0.15) is 0 Å². The van der Waals surface area contributed by atoms with Gasteiger partial charge in [-0.3, -0.25) is 9.59 Å². The molecule has 4 nitrogen and oxygen atoms in total. The Morgan fingerprint density at radius 2 is 2.18 bits per heavy atom. The Kier molecular flexibility index (Phi) is 5.31. The maximum Gasteiger partial charge on any atom is 0.261 e. The van der Waals surface area contributed by atoms with Crippen molar-refractivity contribution >= 4 is 23.0 Å². The maximum atomic E-state index is 11.7. The monoisotopic (exact) mass is 254 g/mol. The summed E-state index contributed by atoms with van der Waals surface area (Å²) in [6, 6.07) is 1.89. The molecule has 17 heavy (non-hydrogen) atoms. The molecule has 1 heterocycles. The van der Waals surface area contributed by atoms with Gasteiger partial charge in [-0.25, -0.2) is 0 Å². The summed E-state index contributed by atoms with van der Waals surface area (Å²) in [4.78, 5) is 23.4. The summed E-state index contributed by atoms with van der Waals surface area (Å²) in [5.41, 5.74) is 0.597. The molecule has 1 aromatic rings. The number of carbonyl (C=O) groups excluding carboxylic acids is 2. The van der Waals surface area contributed by atoms with E-state index in [1.54, 1.807) is 11.4 Å². The average molecular weight is 254 g/mol. The molecule has 0 radical (unpaired) electrons. The van der Waals surface area contributed by atoms with Crippen LogP contribution in [0.4, 0.5) is 0 Å². The summed E-state index contributed by atoms with van der Waals surface area (Å²) in [6.45, 7) is 7.00. The fourth-order valence-corrected chi connectivity index (χ4v) is 2.26. The van der Waals surface area contributed by atoms with Gasteiger partial charge in [0.05, 0.1) is 4.88 Å². The van der Waals surface area contributed by atoms with Crippen molar-refractivity contribution in [3.63, 3.8) is 0 Å². The van der Waals surface area contributed by atoms with Crippen LogP contribution in [0, 0.1) is 0 Å². The summed E-state index contributed by atoms with van der Waals surface area (Å²) in [7, 11) is 0. The zero-order valence-electron chi connectivity index (χ0n) is 10.4. The molecule has 1 rings (SSSR count). The Morgan fingerprint density at radius 1 is 1.47 bits per heavy atom. The Labute approximate surface area is 105 Å². The van der Waals surface area contributed by atoms with Gasteiger partial charge in [-0.1, -0.05) is 6.92 Å². The third kappa shape index (κ3) is 4.28. The molecule has 1 aromatic heterocycles. The van der Waals surface area contributed by atoms with E-state index in [9.17, 15) is 9.59 Å². The van der Waals surface area contributed by atoms with Gasteiger partial charge in [-0.15, -0.1) is 11.3 Å². The number of likely N-dealkylation sites (N-methyl/N-ethyl adjacent to an activating group) is 1. The van der Waals surface area contributed by atoms with Gasteiger partial charge in [0.2, 0.25) is 0 Å². The summed E-state index contributed by atoms with van der Waals surface area (Å²) in [5.74, 6) is -0.131. The summed E-state index contributed by atoms with van der Waals surface area (Å²) < 4.78 is 0. The highest BCUT2D eigenvalue weighted by Gasteiger charge is 2.11. The van der Waals surface area contributed by atoms with E-state index in [4.69, 9.17) is 0 Å². The summed E-state index contributed by atoms with van der Waals surface area (Å²) in [6.07, 6.45) is 0. The van der Waals surface area contributed by atoms with E-state index >= 15 is 0 Å².